The van der Waals surface area contributed by atoms with Crippen LogP contribution in [0.15, 0.2) is 17.1 Å². The zero-order chi connectivity index (χ0) is 10.7. The summed E-state index contributed by atoms with van der Waals surface area (Å²) >= 11 is 0. The number of halogens is 1. The number of carboxylic acid groups (broad SMARTS) is 1. The number of rotatable bonds is 2. The first-order chi connectivity index (χ1) is 6.57. The SMILES string of the molecule is O=C=Nc1ccc(F)c(C(=O)O)c1O. The van der Waals surface area contributed by atoms with E-state index in [4.69, 9.17) is 5.11 Å². The molecule has 0 amide bonds. The minimum Gasteiger partial charge on any atom is -0.505 e. The molecular weight excluding hydrogens is 193 g/mol. The van der Waals surface area contributed by atoms with Crippen LogP contribution < -0.4 is 0 Å². The number of aliphatic imine (C=N–C) groups is 1. The third-order valence-electron chi connectivity index (χ3n) is 1.49. The molecule has 0 fully saturated rings. The van der Waals surface area contributed by atoms with Gasteiger partial charge in [0.1, 0.15) is 17.1 Å². The Kier molecular flexibility index (Phi) is 2.59. The van der Waals surface area contributed by atoms with Crippen molar-refractivity contribution in [3.63, 3.8) is 0 Å². The topological polar surface area (TPSA) is 87.0 Å². The van der Waals surface area contributed by atoms with Gasteiger partial charge in [0.25, 0.3) is 0 Å². The number of nitrogens with zero attached hydrogens (tertiary/aromatic N) is 1. The molecule has 1 rings (SSSR count). The van der Waals surface area contributed by atoms with Crippen LogP contribution in [0, 0.1) is 5.82 Å². The van der Waals surface area contributed by atoms with E-state index in [0.717, 1.165) is 18.2 Å². The van der Waals surface area contributed by atoms with Crippen LogP contribution >= 0.6 is 0 Å². The van der Waals surface area contributed by atoms with E-state index in [1.807, 2.05) is 0 Å². The van der Waals surface area contributed by atoms with Gasteiger partial charge in [-0.25, -0.2) is 14.0 Å². The van der Waals surface area contributed by atoms with E-state index in [1.54, 1.807) is 0 Å². The summed E-state index contributed by atoms with van der Waals surface area (Å²) in [5, 5.41) is 17.7. The van der Waals surface area contributed by atoms with E-state index in [2.05, 4.69) is 4.99 Å². The molecule has 2 N–H and O–H groups in total. The van der Waals surface area contributed by atoms with Gasteiger partial charge in [0.2, 0.25) is 6.08 Å². The Balaban J connectivity index is 3.48. The van der Waals surface area contributed by atoms with Crippen LogP contribution in [0.3, 0.4) is 0 Å². The zero-order valence-corrected chi connectivity index (χ0v) is 6.69. The van der Waals surface area contributed by atoms with Crippen molar-refractivity contribution in [1.82, 2.24) is 0 Å². The van der Waals surface area contributed by atoms with E-state index in [-0.39, 0.29) is 5.69 Å². The lowest BCUT2D eigenvalue weighted by molar-refractivity contribution is 0.0688. The smallest absolute Gasteiger partial charge is 0.342 e. The maximum absolute atomic E-state index is 12.8. The molecule has 0 aliphatic heterocycles. The zero-order valence-electron chi connectivity index (χ0n) is 6.69. The Morgan fingerprint density at radius 3 is 2.64 bits per heavy atom. The minimum absolute atomic E-state index is 0.334. The second-order valence-electron chi connectivity index (χ2n) is 2.30. The maximum atomic E-state index is 12.8. The summed E-state index contributed by atoms with van der Waals surface area (Å²) in [5.74, 6) is -3.62. The molecule has 1 aromatic rings. The predicted octanol–water partition coefficient (Wildman–Crippen LogP) is 1.20. The van der Waals surface area contributed by atoms with Crippen molar-refractivity contribution in [2.24, 2.45) is 4.99 Å². The normalized spacial score (nSPS) is 9.21. The highest BCUT2D eigenvalue weighted by atomic mass is 19.1. The number of carbonyl (C=O) groups is 1. The molecule has 0 unspecified atom stereocenters. The quantitative estimate of drug-likeness (QED) is 0.550. The first kappa shape index (κ1) is 9.88. The van der Waals surface area contributed by atoms with Crippen molar-refractivity contribution in [3.8, 4) is 5.75 Å². The highest BCUT2D eigenvalue weighted by Crippen LogP contribution is 2.31. The van der Waals surface area contributed by atoms with Crippen LogP contribution in [0.2, 0.25) is 0 Å². The monoisotopic (exact) mass is 197 g/mol. The average molecular weight is 197 g/mol. The summed E-state index contributed by atoms with van der Waals surface area (Å²) in [4.78, 5) is 23.3. The Labute approximate surface area is 77.1 Å². The third kappa shape index (κ3) is 1.60. The average Bonchev–Trinajstić information content (AvgIpc) is 2.10. The van der Waals surface area contributed by atoms with Gasteiger partial charge in [-0.2, -0.15) is 4.99 Å². The third-order valence-corrected chi connectivity index (χ3v) is 1.49. The van der Waals surface area contributed by atoms with Gasteiger partial charge in [-0.3, -0.25) is 0 Å². The summed E-state index contributed by atoms with van der Waals surface area (Å²) in [7, 11) is 0. The molecule has 14 heavy (non-hydrogen) atoms. The maximum Gasteiger partial charge on any atom is 0.342 e. The van der Waals surface area contributed by atoms with Gasteiger partial charge in [0.05, 0.1) is 0 Å². The minimum atomic E-state index is -1.64. The Hall–Kier alpha value is -2.20. The molecule has 5 nitrogen and oxygen atoms in total. The van der Waals surface area contributed by atoms with Crippen LogP contribution in [0.1, 0.15) is 10.4 Å². The van der Waals surface area contributed by atoms with E-state index in [0.29, 0.717) is 0 Å². The number of benzene rings is 1. The van der Waals surface area contributed by atoms with Gasteiger partial charge < -0.3 is 10.2 Å². The molecule has 0 radical (unpaired) electrons. The van der Waals surface area contributed by atoms with Gasteiger partial charge >= 0.3 is 5.97 Å². The molecule has 0 spiro atoms. The number of carboxylic acids is 1. The summed E-state index contributed by atoms with van der Waals surface area (Å²) < 4.78 is 12.8. The fourth-order valence-electron chi connectivity index (χ4n) is 0.898. The molecule has 0 aliphatic rings. The lowest BCUT2D eigenvalue weighted by Gasteiger charge is -2.02. The Morgan fingerprint density at radius 1 is 1.50 bits per heavy atom. The van der Waals surface area contributed by atoms with Crippen LogP contribution in [0.4, 0.5) is 10.1 Å². The lowest BCUT2D eigenvalue weighted by Crippen LogP contribution is -2.00. The van der Waals surface area contributed by atoms with Crippen molar-refractivity contribution in [2.75, 3.05) is 0 Å². The molecular formula is C8H4FNO4. The summed E-state index contributed by atoms with van der Waals surface area (Å²) in [6.45, 7) is 0. The second kappa shape index (κ2) is 3.68. The van der Waals surface area contributed by atoms with Crippen molar-refractivity contribution in [2.45, 2.75) is 0 Å². The van der Waals surface area contributed by atoms with Gasteiger partial charge in [0.15, 0.2) is 5.75 Å². The molecule has 0 bridgehead atoms. The van der Waals surface area contributed by atoms with Crippen molar-refractivity contribution in [1.29, 1.82) is 0 Å². The highest BCUT2D eigenvalue weighted by molar-refractivity contribution is 5.93. The summed E-state index contributed by atoms with van der Waals surface area (Å²) in [5.41, 5.74) is -1.25. The molecule has 0 heterocycles. The molecule has 72 valence electrons. The van der Waals surface area contributed by atoms with E-state index >= 15 is 0 Å². The highest BCUT2D eigenvalue weighted by Gasteiger charge is 2.18. The van der Waals surface area contributed by atoms with Gasteiger partial charge in [0, 0.05) is 0 Å². The molecule has 1 aromatic carbocycles. The van der Waals surface area contributed by atoms with Crippen molar-refractivity contribution < 1.29 is 24.2 Å². The molecule has 0 aliphatic carbocycles. The Morgan fingerprint density at radius 2 is 2.14 bits per heavy atom. The molecule has 0 saturated heterocycles. The number of aromatic hydroxyl groups is 1. The van der Waals surface area contributed by atoms with Gasteiger partial charge in [-0.15, -0.1) is 0 Å². The number of hydrogen-bond acceptors (Lipinski definition) is 4. The fraction of sp³-hybridized carbons (Fsp3) is 0. The van der Waals surface area contributed by atoms with Crippen molar-refractivity contribution >= 4 is 17.7 Å². The number of carbonyl (C=O) groups excluding carboxylic acids is 1. The Bertz CT molecular complexity index is 437. The number of phenols is 1. The van der Waals surface area contributed by atoms with Crippen LogP contribution in [-0.2, 0) is 4.79 Å². The van der Waals surface area contributed by atoms with Crippen LogP contribution in [0.25, 0.3) is 0 Å². The second-order valence-corrected chi connectivity index (χ2v) is 2.30. The van der Waals surface area contributed by atoms with Gasteiger partial charge in [-0.1, -0.05) is 0 Å². The molecule has 0 atom stereocenters. The first-order valence-corrected chi connectivity index (χ1v) is 3.40. The molecule has 6 heteroatoms. The first-order valence-electron chi connectivity index (χ1n) is 3.40. The number of hydrogen-bond donors (Lipinski definition) is 2. The number of aromatic carboxylic acids is 1. The molecule has 0 saturated carbocycles. The predicted molar refractivity (Wildman–Crippen MR) is 42.8 cm³/mol. The van der Waals surface area contributed by atoms with Crippen LogP contribution in [-0.4, -0.2) is 22.3 Å². The van der Waals surface area contributed by atoms with Crippen molar-refractivity contribution in [3.05, 3.63) is 23.5 Å². The largest absolute Gasteiger partial charge is 0.505 e. The van der Waals surface area contributed by atoms with E-state index in [1.165, 1.54) is 0 Å². The van der Waals surface area contributed by atoms with E-state index in [9.17, 15) is 19.1 Å². The van der Waals surface area contributed by atoms with Crippen LogP contribution in [0.5, 0.6) is 5.75 Å². The standard InChI is InChI=1S/C8H4FNO4/c9-4-1-2-5(10-3-11)7(12)6(4)8(13)14/h1-2,12H,(H,13,14). The fourth-order valence-corrected chi connectivity index (χ4v) is 0.898. The van der Waals surface area contributed by atoms with Gasteiger partial charge in [-0.05, 0) is 12.1 Å². The summed E-state index contributed by atoms with van der Waals surface area (Å²) in [6, 6.07) is 1.77. The van der Waals surface area contributed by atoms with E-state index < -0.39 is 23.1 Å². The summed E-state index contributed by atoms with van der Waals surface area (Å²) in [6.07, 6.45) is 1.11. The molecule has 0 aromatic heterocycles. The number of isocyanates is 1. The lowest BCUT2D eigenvalue weighted by atomic mass is 10.1.